The zero-order chi connectivity index (χ0) is 16.3. The van der Waals surface area contributed by atoms with Crippen LogP contribution in [-0.2, 0) is 0 Å². The lowest BCUT2D eigenvalue weighted by Gasteiger charge is -2.04. The number of hydrogen-bond acceptors (Lipinski definition) is 7. The summed E-state index contributed by atoms with van der Waals surface area (Å²) >= 11 is 1.72. The van der Waals surface area contributed by atoms with Crippen molar-refractivity contribution in [1.29, 1.82) is 0 Å². The van der Waals surface area contributed by atoms with E-state index in [0.717, 1.165) is 11.3 Å². The van der Waals surface area contributed by atoms with E-state index in [-0.39, 0.29) is 20.4 Å². The van der Waals surface area contributed by atoms with Crippen molar-refractivity contribution in [2.24, 2.45) is 0 Å². The Morgan fingerprint density at radius 3 is 2.50 bits per heavy atom. The molecule has 2 rings (SSSR count). The number of imide groups is 1. The van der Waals surface area contributed by atoms with Crippen molar-refractivity contribution in [3.8, 4) is 0 Å². The lowest BCUT2D eigenvalue weighted by Crippen LogP contribution is -2.29. The van der Waals surface area contributed by atoms with Gasteiger partial charge in [0.2, 0.25) is 0 Å². The van der Waals surface area contributed by atoms with E-state index < -0.39 is 22.8 Å². The Hall–Kier alpha value is -2.79. The van der Waals surface area contributed by atoms with Crippen molar-refractivity contribution in [2.45, 2.75) is 0 Å². The third-order valence-electron chi connectivity index (χ3n) is 2.35. The number of thiophene rings is 2. The van der Waals surface area contributed by atoms with Crippen LogP contribution in [0.5, 0.6) is 0 Å². The molecule has 0 spiro atoms. The first-order chi connectivity index (χ1) is 10.4. The molecule has 2 aromatic heterocycles. The topological polar surface area (TPSA) is 139 Å². The first-order valence-electron chi connectivity index (χ1n) is 5.56. The van der Waals surface area contributed by atoms with Crippen LogP contribution in [-0.4, -0.2) is 27.9 Å². The molecule has 0 aliphatic carbocycles. The zero-order valence-electron chi connectivity index (χ0n) is 10.6. The van der Waals surface area contributed by atoms with Crippen molar-refractivity contribution in [1.82, 2.24) is 5.32 Å². The molecule has 0 radical (unpaired) electrons. The van der Waals surface area contributed by atoms with Gasteiger partial charge in [0.05, 0.1) is 15.4 Å². The molecule has 114 valence electrons. The maximum atomic E-state index is 12.0. The molecule has 0 bridgehead atoms. The van der Waals surface area contributed by atoms with Gasteiger partial charge in [-0.05, 0) is 17.5 Å². The van der Waals surface area contributed by atoms with Crippen LogP contribution in [0.25, 0.3) is 0 Å². The lowest BCUT2D eigenvalue weighted by molar-refractivity contribution is -0.380. The Balaban J connectivity index is 2.15. The number of hydrogen-bond donors (Lipinski definition) is 3. The van der Waals surface area contributed by atoms with E-state index in [1.54, 1.807) is 5.32 Å². The Bertz CT molecular complexity index is 765. The minimum absolute atomic E-state index is 0.00759. The van der Waals surface area contributed by atoms with Crippen LogP contribution in [0.3, 0.4) is 0 Å². The predicted molar refractivity (Wildman–Crippen MR) is 78.7 cm³/mol. The maximum absolute atomic E-state index is 12.0. The number of nitro groups is 1. The van der Waals surface area contributed by atoms with Gasteiger partial charge >= 0.3 is 11.1 Å². The van der Waals surface area contributed by atoms with E-state index in [1.165, 1.54) is 23.6 Å². The smallest absolute Gasteiger partial charge is 0.411 e. The summed E-state index contributed by atoms with van der Waals surface area (Å²) in [5, 5.41) is 24.7. The number of carbonyl (C=O) groups is 3. The number of anilines is 1. The van der Waals surface area contributed by atoms with Gasteiger partial charge in [-0.1, -0.05) is 11.3 Å². The van der Waals surface area contributed by atoms with Gasteiger partial charge in [-0.2, -0.15) is 0 Å². The van der Waals surface area contributed by atoms with Gasteiger partial charge in [0.1, 0.15) is 5.00 Å². The number of rotatable bonds is 4. The van der Waals surface area contributed by atoms with E-state index in [4.69, 9.17) is 5.11 Å². The standard InChI is InChI=1S/C11H7N3O6S2/c15-8(13-11(17)18)5-3-4-21-10(5)12-9(16)6-1-2-7(22-6)14(19)20/h1-4H,(H,12,16)(H,13,15)(H,17,18). The van der Waals surface area contributed by atoms with Gasteiger partial charge in [-0.3, -0.25) is 25.0 Å². The maximum Gasteiger partial charge on any atom is 0.411 e. The first kappa shape index (κ1) is 15.6. The number of nitrogens with one attached hydrogen (secondary N) is 2. The van der Waals surface area contributed by atoms with E-state index >= 15 is 0 Å². The molecule has 0 saturated heterocycles. The number of amides is 3. The van der Waals surface area contributed by atoms with Crippen LogP contribution in [0.2, 0.25) is 0 Å². The lowest BCUT2D eigenvalue weighted by atomic mass is 10.3. The molecule has 22 heavy (non-hydrogen) atoms. The SMILES string of the molecule is O=C(O)NC(=O)c1ccsc1NC(=O)c1ccc([N+](=O)[O-])s1. The molecule has 3 amide bonds. The molecular weight excluding hydrogens is 334 g/mol. The highest BCUT2D eigenvalue weighted by Gasteiger charge is 2.20. The summed E-state index contributed by atoms with van der Waals surface area (Å²) < 4.78 is 0. The van der Waals surface area contributed by atoms with Crippen LogP contribution in [0, 0.1) is 10.1 Å². The summed E-state index contributed by atoms with van der Waals surface area (Å²) in [6, 6.07) is 3.85. The van der Waals surface area contributed by atoms with E-state index in [9.17, 15) is 24.5 Å². The van der Waals surface area contributed by atoms with Gasteiger partial charge in [-0.15, -0.1) is 11.3 Å². The zero-order valence-corrected chi connectivity index (χ0v) is 12.2. The van der Waals surface area contributed by atoms with Crippen LogP contribution >= 0.6 is 22.7 Å². The normalized spacial score (nSPS) is 10.0. The summed E-state index contributed by atoms with van der Waals surface area (Å²) in [7, 11) is 0. The monoisotopic (exact) mass is 341 g/mol. The van der Waals surface area contributed by atoms with Crippen LogP contribution < -0.4 is 10.6 Å². The number of carbonyl (C=O) groups excluding carboxylic acids is 2. The summed E-state index contributed by atoms with van der Waals surface area (Å²) in [5.41, 5.74) is -0.00759. The highest BCUT2D eigenvalue weighted by Crippen LogP contribution is 2.27. The van der Waals surface area contributed by atoms with Gasteiger partial charge in [-0.25, -0.2) is 4.79 Å². The van der Waals surface area contributed by atoms with Crippen LogP contribution in [0.4, 0.5) is 14.8 Å². The molecule has 9 nitrogen and oxygen atoms in total. The summed E-state index contributed by atoms with van der Waals surface area (Å²) in [4.78, 5) is 44.1. The van der Waals surface area contributed by atoms with Crippen molar-refractivity contribution >= 4 is 50.6 Å². The Labute approximate surface area is 130 Å². The fourth-order valence-corrected chi connectivity index (χ4v) is 2.96. The fourth-order valence-electron chi connectivity index (χ4n) is 1.46. The second-order valence-electron chi connectivity index (χ2n) is 3.77. The molecule has 0 atom stereocenters. The van der Waals surface area contributed by atoms with Crippen LogP contribution in [0.1, 0.15) is 20.0 Å². The van der Waals surface area contributed by atoms with E-state index in [2.05, 4.69) is 5.32 Å². The molecule has 0 saturated carbocycles. The Kier molecular flexibility index (Phi) is 4.48. The van der Waals surface area contributed by atoms with Gasteiger partial charge in [0.15, 0.2) is 0 Å². The molecule has 2 aromatic rings. The van der Waals surface area contributed by atoms with Gasteiger partial charge < -0.3 is 10.4 Å². The number of carboxylic acid groups (broad SMARTS) is 1. The predicted octanol–water partition coefficient (Wildman–Crippen LogP) is 2.38. The molecule has 11 heteroatoms. The minimum atomic E-state index is -1.51. The van der Waals surface area contributed by atoms with Crippen molar-refractivity contribution < 1.29 is 24.4 Å². The summed E-state index contributed by atoms with van der Waals surface area (Å²) in [6.45, 7) is 0. The Morgan fingerprint density at radius 2 is 1.91 bits per heavy atom. The number of nitrogens with zero attached hydrogens (tertiary/aromatic N) is 1. The third-order valence-corrected chi connectivity index (χ3v) is 4.22. The third kappa shape index (κ3) is 3.45. The van der Waals surface area contributed by atoms with E-state index in [1.807, 2.05) is 0 Å². The molecule has 0 aromatic carbocycles. The Morgan fingerprint density at radius 1 is 1.18 bits per heavy atom. The molecular formula is C11H7N3O6S2. The van der Waals surface area contributed by atoms with Crippen molar-refractivity contribution in [2.75, 3.05) is 5.32 Å². The minimum Gasteiger partial charge on any atom is -0.465 e. The van der Waals surface area contributed by atoms with Crippen molar-refractivity contribution in [3.05, 3.63) is 44.1 Å². The average Bonchev–Trinajstić information content (AvgIpc) is 3.06. The first-order valence-corrected chi connectivity index (χ1v) is 7.25. The molecule has 0 unspecified atom stereocenters. The van der Waals surface area contributed by atoms with Crippen LogP contribution in [0.15, 0.2) is 23.6 Å². The molecule has 0 aliphatic heterocycles. The van der Waals surface area contributed by atoms with Crippen molar-refractivity contribution in [3.63, 3.8) is 0 Å². The quantitative estimate of drug-likeness (QED) is 0.576. The van der Waals surface area contributed by atoms with Gasteiger partial charge in [0, 0.05) is 6.07 Å². The molecule has 0 aliphatic rings. The van der Waals surface area contributed by atoms with E-state index in [0.29, 0.717) is 11.3 Å². The fraction of sp³-hybridized carbons (Fsp3) is 0. The molecule has 2 heterocycles. The second-order valence-corrected chi connectivity index (χ2v) is 5.75. The highest BCUT2D eigenvalue weighted by molar-refractivity contribution is 7.17. The molecule has 3 N–H and O–H groups in total. The summed E-state index contributed by atoms with van der Waals surface area (Å²) in [5.74, 6) is -1.49. The molecule has 0 fully saturated rings. The largest absolute Gasteiger partial charge is 0.465 e. The van der Waals surface area contributed by atoms with Gasteiger partial charge in [0.25, 0.3) is 11.8 Å². The second kappa shape index (κ2) is 6.32. The summed E-state index contributed by atoms with van der Waals surface area (Å²) in [6.07, 6.45) is -1.51. The highest BCUT2D eigenvalue weighted by atomic mass is 32.1. The average molecular weight is 341 g/mol.